The molecule has 1 nitrogen and oxygen atoms in total. The Balaban J connectivity index is 0.992. The molecule has 11 aromatic rings. The Morgan fingerprint density at radius 1 is 0.284 bits per heavy atom. The van der Waals surface area contributed by atoms with Gasteiger partial charge in [-0.15, -0.1) is 0 Å². The number of para-hydroxylation sites is 2. The van der Waals surface area contributed by atoms with E-state index in [0.717, 1.165) is 39.3 Å². The molecule has 0 amide bonds. The second-order valence-electron chi connectivity index (χ2n) is 17.7. The van der Waals surface area contributed by atoms with Gasteiger partial charge < -0.3 is 4.90 Å². The summed E-state index contributed by atoms with van der Waals surface area (Å²) in [4.78, 5) is 2.45. The van der Waals surface area contributed by atoms with Gasteiger partial charge >= 0.3 is 0 Å². The molecule has 0 N–H and O–H groups in total. The summed E-state index contributed by atoms with van der Waals surface area (Å²) >= 11 is 0. The third kappa shape index (κ3) is 6.96. The van der Waals surface area contributed by atoms with Gasteiger partial charge in [0.15, 0.2) is 0 Å². The van der Waals surface area contributed by atoms with Crippen LogP contribution in [0.25, 0.3) is 77.5 Å². The highest BCUT2D eigenvalue weighted by Gasteiger charge is 2.41. The van der Waals surface area contributed by atoms with Crippen molar-refractivity contribution in [1.29, 1.82) is 0 Å². The van der Waals surface area contributed by atoms with Crippen molar-refractivity contribution in [2.45, 2.75) is 12.3 Å². The van der Waals surface area contributed by atoms with E-state index in [2.05, 4.69) is 279 Å². The molecule has 1 atom stereocenters. The molecule has 0 saturated carbocycles. The third-order valence-electron chi connectivity index (χ3n) is 14.0. The van der Waals surface area contributed by atoms with Gasteiger partial charge in [0.2, 0.25) is 0 Å². The molecule has 0 radical (unpaired) electrons. The van der Waals surface area contributed by atoms with Crippen molar-refractivity contribution in [2.75, 3.05) is 4.90 Å². The quantitative estimate of drug-likeness (QED) is 0.140. The highest BCUT2D eigenvalue weighted by molar-refractivity contribution is 5.99. The molecule has 0 aliphatic heterocycles. The first-order valence-corrected chi connectivity index (χ1v) is 23.3. The Morgan fingerprint density at radius 3 is 1.37 bits per heavy atom. The molecular weight excluding hydrogens is 807 g/mol. The maximum Gasteiger partial charge on any atom is 0.0540 e. The fraction of sp³-hybridized carbons (Fsp3) is 0.0303. The van der Waals surface area contributed by atoms with Crippen LogP contribution in [0.4, 0.5) is 17.1 Å². The maximum absolute atomic E-state index is 2.45. The van der Waals surface area contributed by atoms with E-state index in [1.54, 1.807) is 0 Å². The monoisotopic (exact) mass is 853 g/mol. The molecule has 1 aliphatic carbocycles. The molecule has 12 rings (SSSR count). The predicted octanol–water partition coefficient (Wildman–Crippen LogP) is 18.0. The summed E-state index contributed by atoms with van der Waals surface area (Å²) in [5, 5.41) is 2.51. The van der Waals surface area contributed by atoms with Crippen LogP contribution in [0, 0.1) is 0 Å². The van der Waals surface area contributed by atoms with Crippen molar-refractivity contribution in [2.24, 2.45) is 0 Å². The molecule has 0 bridgehead atoms. The van der Waals surface area contributed by atoms with Gasteiger partial charge in [-0.05, 0) is 114 Å². The number of hydrogen-bond donors (Lipinski definition) is 0. The molecule has 0 fully saturated rings. The second kappa shape index (κ2) is 16.8. The normalized spacial score (nSPS) is 13.8. The summed E-state index contributed by atoms with van der Waals surface area (Å²) < 4.78 is 0. The number of nitrogens with zero attached hydrogens (tertiary/aromatic N) is 1. The number of hydrogen-bond acceptors (Lipinski definition) is 1. The molecule has 67 heavy (non-hydrogen) atoms. The Bertz CT molecular complexity index is 3550. The summed E-state index contributed by atoms with van der Waals surface area (Å²) in [5.74, 6) is 0. The first-order valence-electron chi connectivity index (χ1n) is 23.3. The number of benzene rings is 11. The summed E-state index contributed by atoms with van der Waals surface area (Å²) in [5.41, 5.74) is 21.6. The van der Waals surface area contributed by atoms with E-state index in [1.807, 2.05) is 0 Å². The minimum Gasteiger partial charge on any atom is -0.309 e. The first kappa shape index (κ1) is 40.0. The number of anilines is 3. The topological polar surface area (TPSA) is 3.24 Å². The van der Waals surface area contributed by atoms with Crippen LogP contribution >= 0.6 is 0 Å². The molecule has 316 valence electrons. The summed E-state index contributed by atoms with van der Waals surface area (Å²) in [7, 11) is 0. The predicted molar refractivity (Wildman–Crippen MR) is 283 cm³/mol. The van der Waals surface area contributed by atoms with E-state index in [1.165, 1.54) is 72.0 Å². The lowest BCUT2D eigenvalue weighted by Crippen LogP contribution is -2.22. The molecule has 0 aromatic heterocycles. The van der Waals surface area contributed by atoms with Crippen LogP contribution in [-0.4, -0.2) is 0 Å². The van der Waals surface area contributed by atoms with E-state index in [0.29, 0.717) is 0 Å². The highest BCUT2D eigenvalue weighted by atomic mass is 15.1. The van der Waals surface area contributed by atoms with Gasteiger partial charge in [-0.2, -0.15) is 0 Å². The van der Waals surface area contributed by atoms with Crippen LogP contribution in [0.15, 0.2) is 267 Å². The van der Waals surface area contributed by atoms with Gasteiger partial charge in [0, 0.05) is 22.2 Å². The minimum absolute atomic E-state index is 0.264. The van der Waals surface area contributed by atoms with Crippen LogP contribution in [-0.2, 0) is 5.41 Å². The standard InChI is InChI=1S/C66H47N/c1-66(53-22-6-3-7-23-53)61-30-13-10-27-60(61)65-59(29-17-31-62(65)66)52-42-44-54(45-43-52)67(63-32-14-11-25-57(63)50-36-34-47(35-37-50)46-18-4-2-5-19-46)64-33-15-12-26-58(64)51-40-38-49(39-41-51)56-28-16-21-48-20-8-9-24-55(48)56/h2-45H,1H3. The van der Waals surface area contributed by atoms with Gasteiger partial charge in [-0.25, -0.2) is 0 Å². The van der Waals surface area contributed by atoms with Crippen molar-refractivity contribution in [3.63, 3.8) is 0 Å². The van der Waals surface area contributed by atoms with E-state index >= 15 is 0 Å². The van der Waals surface area contributed by atoms with Gasteiger partial charge in [0.25, 0.3) is 0 Å². The third-order valence-corrected chi connectivity index (χ3v) is 14.0. The van der Waals surface area contributed by atoms with Crippen LogP contribution < -0.4 is 4.90 Å². The van der Waals surface area contributed by atoms with Gasteiger partial charge in [-0.3, -0.25) is 0 Å². The average molecular weight is 854 g/mol. The van der Waals surface area contributed by atoms with Crippen LogP contribution in [0.5, 0.6) is 0 Å². The van der Waals surface area contributed by atoms with Crippen molar-refractivity contribution in [1.82, 2.24) is 0 Å². The lowest BCUT2D eigenvalue weighted by Gasteiger charge is -2.30. The van der Waals surface area contributed by atoms with Gasteiger partial charge in [0.05, 0.1) is 11.4 Å². The van der Waals surface area contributed by atoms with E-state index < -0.39 is 0 Å². The smallest absolute Gasteiger partial charge is 0.0540 e. The zero-order valence-corrected chi connectivity index (χ0v) is 37.4. The molecule has 11 aromatic carbocycles. The lowest BCUT2D eigenvalue weighted by molar-refractivity contribution is 0.714. The van der Waals surface area contributed by atoms with Crippen LogP contribution in [0.2, 0.25) is 0 Å². The SMILES string of the molecule is CC1(c2ccccc2)c2ccccc2-c2c(-c3ccc(N(c4ccccc4-c4ccc(-c5ccccc5)cc4)c4ccccc4-c4ccc(-c5cccc6ccccc56)cc4)cc3)cccc21. The lowest BCUT2D eigenvalue weighted by atomic mass is 9.74. The molecule has 1 unspecified atom stereocenters. The zero-order chi connectivity index (χ0) is 44.7. The van der Waals surface area contributed by atoms with E-state index in [-0.39, 0.29) is 5.41 Å². The number of rotatable bonds is 9. The summed E-state index contributed by atoms with van der Waals surface area (Å²) in [6, 6.07) is 97.7. The average Bonchev–Trinajstić information content (AvgIpc) is 3.68. The van der Waals surface area contributed by atoms with Crippen molar-refractivity contribution < 1.29 is 0 Å². The van der Waals surface area contributed by atoms with Gasteiger partial charge in [-0.1, -0.05) is 243 Å². The minimum atomic E-state index is -0.264. The van der Waals surface area contributed by atoms with E-state index in [4.69, 9.17) is 0 Å². The van der Waals surface area contributed by atoms with Crippen LogP contribution in [0.1, 0.15) is 23.6 Å². The van der Waals surface area contributed by atoms with Crippen LogP contribution in [0.3, 0.4) is 0 Å². The largest absolute Gasteiger partial charge is 0.309 e. The van der Waals surface area contributed by atoms with Crippen molar-refractivity contribution in [3.8, 4) is 66.8 Å². The highest BCUT2D eigenvalue weighted by Crippen LogP contribution is 2.55. The van der Waals surface area contributed by atoms with Gasteiger partial charge in [0.1, 0.15) is 0 Å². The van der Waals surface area contributed by atoms with Crippen molar-refractivity contribution >= 4 is 27.8 Å². The number of fused-ring (bicyclic) bond motifs is 4. The zero-order valence-electron chi connectivity index (χ0n) is 37.4. The summed E-state index contributed by atoms with van der Waals surface area (Å²) in [6.45, 7) is 2.39. The Labute approximate surface area is 393 Å². The van der Waals surface area contributed by atoms with E-state index in [9.17, 15) is 0 Å². The molecule has 0 saturated heterocycles. The summed E-state index contributed by atoms with van der Waals surface area (Å²) in [6.07, 6.45) is 0. The molecule has 0 heterocycles. The first-order chi connectivity index (χ1) is 33.1. The van der Waals surface area contributed by atoms with Crippen molar-refractivity contribution in [3.05, 3.63) is 284 Å². The second-order valence-corrected chi connectivity index (χ2v) is 17.7. The Kier molecular flexibility index (Phi) is 10.0. The molecule has 1 aliphatic rings. The molecule has 0 spiro atoms. The Hall–Kier alpha value is -8.52. The fourth-order valence-corrected chi connectivity index (χ4v) is 10.7. The Morgan fingerprint density at radius 2 is 0.701 bits per heavy atom. The molecular formula is C66H47N. The maximum atomic E-state index is 2.45. The fourth-order valence-electron chi connectivity index (χ4n) is 10.7. The molecule has 1 heteroatoms.